The second-order valence-electron chi connectivity index (χ2n) is 5.24. The Morgan fingerprint density at radius 3 is 1.56 bits per heavy atom. The molecule has 4 heteroatoms. The van der Waals surface area contributed by atoms with Gasteiger partial charge in [0.1, 0.15) is 0 Å². The van der Waals surface area contributed by atoms with E-state index in [0.29, 0.717) is 6.54 Å². The van der Waals surface area contributed by atoms with Crippen molar-refractivity contribution in [3.05, 3.63) is 0 Å². The Labute approximate surface area is 100 Å². The number of rotatable bonds is 9. The van der Waals surface area contributed by atoms with Gasteiger partial charge in [-0.3, -0.25) is 0 Å². The zero-order chi connectivity index (χ0) is 12.6. The Kier molecular flexibility index (Phi) is 7.93. The molecule has 0 rings (SSSR count). The average Bonchev–Trinajstić information content (AvgIpc) is 2.16. The molecule has 0 aromatic rings. The lowest BCUT2D eigenvalue weighted by Crippen LogP contribution is -2.39. The molecule has 0 radical (unpaired) electrons. The van der Waals surface area contributed by atoms with Gasteiger partial charge in [-0.15, -0.1) is 0 Å². The first-order valence-corrected chi connectivity index (χ1v) is 6.11. The predicted molar refractivity (Wildman–Crippen MR) is 69.6 cm³/mol. The fraction of sp³-hybridized carbons (Fsp3) is 1.00. The van der Waals surface area contributed by atoms with E-state index >= 15 is 0 Å². The highest BCUT2D eigenvalue weighted by molar-refractivity contribution is 4.80. The summed E-state index contributed by atoms with van der Waals surface area (Å²) in [4.78, 5) is 4.27. The van der Waals surface area contributed by atoms with Crippen LogP contribution in [0.4, 0.5) is 0 Å². The van der Waals surface area contributed by atoms with E-state index in [9.17, 15) is 5.11 Å². The minimum absolute atomic E-state index is 0.369. The van der Waals surface area contributed by atoms with Crippen LogP contribution in [0.3, 0.4) is 0 Å². The molecule has 0 bridgehead atoms. The Hall–Kier alpha value is -0.160. The van der Waals surface area contributed by atoms with Gasteiger partial charge in [0.2, 0.25) is 0 Å². The zero-order valence-electron chi connectivity index (χ0n) is 11.4. The summed E-state index contributed by atoms with van der Waals surface area (Å²) >= 11 is 0. The van der Waals surface area contributed by atoms with Crippen molar-refractivity contribution in [1.82, 2.24) is 9.80 Å². The summed E-state index contributed by atoms with van der Waals surface area (Å²) in [6.07, 6.45) is 3.61. The van der Waals surface area contributed by atoms with Crippen molar-refractivity contribution in [2.45, 2.75) is 31.3 Å². The topological polar surface area (TPSA) is 52.7 Å². The molecular weight excluding hydrogens is 202 g/mol. The lowest BCUT2D eigenvalue weighted by molar-refractivity contribution is 0.0246. The standard InChI is InChI=1S/C12H29N3O/c1-14(2)9-5-7-12(16,11-13)8-6-10-15(3)4/h16H,5-11,13H2,1-4H3. The molecule has 0 amide bonds. The molecule has 0 saturated heterocycles. The van der Waals surface area contributed by atoms with Crippen molar-refractivity contribution in [2.75, 3.05) is 47.8 Å². The Balaban J connectivity index is 3.81. The van der Waals surface area contributed by atoms with Crippen LogP contribution < -0.4 is 5.73 Å². The van der Waals surface area contributed by atoms with Crippen molar-refractivity contribution < 1.29 is 5.11 Å². The van der Waals surface area contributed by atoms with E-state index in [-0.39, 0.29) is 0 Å². The van der Waals surface area contributed by atoms with Crippen LogP contribution in [0.25, 0.3) is 0 Å². The second-order valence-corrected chi connectivity index (χ2v) is 5.24. The van der Waals surface area contributed by atoms with Crippen LogP contribution in [-0.4, -0.2) is 68.3 Å². The summed E-state index contributed by atoms with van der Waals surface area (Å²) in [5.41, 5.74) is 5.00. The highest BCUT2D eigenvalue weighted by atomic mass is 16.3. The van der Waals surface area contributed by atoms with Crippen LogP contribution in [0, 0.1) is 0 Å². The second kappa shape index (κ2) is 8.01. The Morgan fingerprint density at radius 2 is 1.31 bits per heavy atom. The summed E-state index contributed by atoms with van der Waals surface area (Å²) in [6, 6.07) is 0. The first kappa shape index (κ1) is 15.8. The van der Waals surface area contributed by atoms with Gasteiger partial charge in [-0.1, -0.05) is 0 Å². The third kappa shape index (κ3) is 8.05. The van der Waals surface area contributed by atoms with Gasteiger partial charge >= 0.3 is 0 Å². The monoisotopic (exact) mass is 231 g/mol. The van der Waals surface area contributed by atoms with Crippen LogP contribution in [0.5, 0.6) is 0 Å². The molecule has 0 heterocycles. The summed E-state index contributed by atoms with van der Waals surface area (Å²) in [5, 5.41) is 10.3. The first-order chi connectivity index (χ1) is 7.39. The molecule has 3 N–H and O–H groups in total. The van der Waals surface area contributed by atoms with E-state index in [1.165, 1.54) is 0 Å². The van der Waals surface area contributed by atoms with Gasteiger partial charge in [0.05, 0.1) is 5.60 Å². The fourth-order valence-electron chi connectivity index (χ4n) is 1.78. The molecular formula is C12H29N3O. The zero-order valence-corrected chi connectivity index (χ0v) is 11.4. The molecule has 98 valence electrons. The molecule has 4 nitrogen and oxygen atoms in total. The number of nitrogens with zero attached hydrogens (tertiary/aromatic N) is 2. The molecule has 0 aliphatic carbocycles. The number of hydrogen-bond acceptors (Lipinski definition) is 4. The van der Waals surface area contributed by atoms with Crippen molar-refractivity contribution in [3.63, 3.8) is 0 Å². The lowest BCUT2D eigenvalue weighted by atomic mass is 9.92. The Bertz CT molecular complexity index is 158. The molecule has 0 aliphatic rings. The third-order valence-electron chi connectivity index (χ3n) is 2.87. The van der Waals surface area contributed by atoms with Gasteiger partial charge in [0.15, 0.2) is 0 Å². The molecule has 0 aromatic heterocycles. The van der Waals surface area contributed by atoms with E-state index in [1.807, 2.05) is 28.2 Å². The van der Waals surface area contributed by atoms with Gasteiger partial charge in [-0.2, -0.15) is 0 Å². The van der Waals surface area contributed by atoms with Crippen LogP contribution in [-0.2, 0) is 0 Å². The molecule has 0 aliphatic heterocycles. The molecule has 0 atom stereocenters. The van der Waals surface area contributed by atoms with Gasteiger partial charge in [0, 0.05) is 6.54 Å². The van der Waals surface area contributed by atoms with Gasteiger partial charge in [0.25, 0.3) is 0 Å². The maximum atomic E-state index is 10.3. The van der Waals surface area contributed by atoms with Crippen LogP contribution in [0.15, 0.2) is 0 Å². The number of nitrogens with two attached hydrogens (primary N) is 1. The Morgan fingerprint density at radius 1 is 0.938 bits per heavy atom. The fourth-order valence-corrected chi connectivity index (χ4v) is 1.78. The minimum atomic E-state index is -0.661. The van der Waals surface area contributed by atoms with Gasteiger partial charge in [-0.25, -0.2) is 0 Å². The minimum Gasteiger partial charge on any atom is -0.389 e. The first-order valence-electron chi connectivity index (χ1n) is 6.11. The van der Waals surface area contributed by atoms with Crippen LogP contribution in [0.2, 0.25) is 0 Å². The quantitative estimate of drug-likeness (QED) is 0.601. The molecule has 0 aromatic carbocycles. The molecule has 0 spiro atoms. The van der Waals surface area contributed by atoms with E-state index in [4.69, 9.17) is 5.73 Å². The lowest BCUT2D eigenvalue weighted by Gasteiger charge is -2.27. The maximum absolute atomic E-state index is 10.3. The van der Waals surface area contributed by atoms with Crippen molar-refractivity contribution in [2.24, 2.45) is 5.73 Å². The largest absolute Gasteiger partial charge is 0.389 e. The van der Waals surface area contributed by atoms with E-state index in [2.05, 4.69) is 9.80 Å². The molecule has 0 saturated carbocycles. The van der Waals surface area contributed by atoms with Crippen molar-refractivity contribution in [1.29, 1.82) is 0 Å². The molecule has 0 unspecified atom stereocenters. The van der Waals surface area contributed by atoms with Crippen LogP contribution >= 0.6 is 0 Å². The molecule has 0 fully saturated rings. The van der Waals surface area contributed by atoms with E-state index in [0.717, 1.165) is 38.8 Å². The average molecular weight is 231 g/mol. The summed E-state index contributed by atoms with van der Waals surface area (Å²) in [6.45, 7) is 2.39. The predicted octanol–water partition coefficient (Wildman–Crippen LogP) is 0.360. The summed E-state index contributed by atoms with van der Waals surface area (Å²) < 4.78 is 0. The number of hydrogen-bond donors (Lipinski definition) is 2. The van der Waals surface area contributed by atoms with Gasteiger partial charge in [-0.05, 0) is 67.0 Å². The smallest absolute Gasteiger partial charge is 0.0770 e. The number of aliphatic hydroxyl groups is 1. The van der Waals surface area contributed by atoms with E-state index < -0.39 is 5.60 Å². The maximum Gasteiger partial charge on any atom is 0.0770 e. The summed E-state index contributed by atoms with van der Waals surface area (Å²) in [7, 11) is 8.20. The van der Waals surface area contributed by atoms with Crippen molar-refractivity contribution >= 4 is 0 Å². The highest BCUT2D eigenvalue weighted by Crippen LogP contribution is 2.18. The highest BCUT2D eigenvalue weighted by Gasteiger charge is 2.23. The third-order valence-corrected chi connectivity index (χ3v) is 2.87. The SMILES string of the molecule is CN(C)CCCC(O)(CN)CCCN(C)C. The molecule has 16 heavy (non-hydrogen) atoms. The van der Waals surface area contributed by atoms with Gasteiger partial charge < -0.3 is 20.6 Å². The van der Waals surface area contributed by atoms with E-state index in [1.54, 1.807) is 0 Å². The van der Waals surface area contributed by atoms with Crippen molar-refractivity contribution in [3.8, 4) is 0 Å². The van der Waals surface area contributed by atoms with Crippen LogP contribution in [0.1, 0.15) is 25.7 Å². The normalized spacial score (nSPS) is 12.8. The summed E-state index contributed by atoms with van der Waals surface area (Å²) in [5.74, 6) is 0.